The second-order valence-electron chi connectivity index (χ2n) is 8.28. The van der Waals surface area contributed by atoms with Crippen LogP contribution in [0.5, 0.6) is 5.75 Å². The molecule has 0 atom stereocenters. The molecule has 2 aromatic carbocycles. The van der Waals surface area contributed by atoms with Crippen molar-refractivity contribution in [3.63, 3.8) is 0 Å². The molecule has 0 spiro atoms. The lowest BCUT2D eigenvalue weighted by molar-refractivity contribution is 0.0949. The highest BCUT2D eigenvalue weighted by Gasteiger charge is 2.22. The van der Waals surface area contributed by atoms with E-state index < -0.39 is 6.03 Å². The maximum Gasteiger partial charge on any atom is 0.323 e. The van der Waals surface area contributed by atoms with Crippen molar-refractivity contribution in [1.29, 1.82) is 0 Å². The SMILES string of the molecule is COCCCNC(=O)c1cc(NC(=O)Nc2ccccc2OC)ccc1N1CCC(C)CC1. The molecule has 0 unspecified atom stereocenters. The van der Waals surface area contributed by atoms with E-state index in [4.69, 9.17) is 9.47 Å². The molecule has 3 N–H and O–H groups in total. The second kappa shape index (κ2) is 12.1. The molecule has 8 nitrogen and oxygen atoms in total. The number of anilines is 3. The molecule has 178 valence electrons. The average molecular weight is 455 g/mol. The highest BCUT2D eigenvalue weighted by molar-refractivity contribution is 6.04. The third-order valence-electron chi connectivity index (χ3n) is 5.79. The Morgan fingerprint density at radius 3 is 2.55 bits per heavy atom. The maximum atomic E-state index is 13.0. The Balaban J connectivity index is 1.76. The number of hydrogen-bond donors (Lipinski definition) is 3. The fourth-order valence-corrected chi connectivity index (χ4v) is 3.87. The lowest BCUT2D eigenvalue weighted by Crippen LogP contribution is -2.35. The van der Waals surface area contributed by atoms with E-state index in [0.29, 0.717) is 41.8 Å². The number of ether oxygens (including phenoxy) is 2. The Bertz CT molecular complexity index is 942. The van der Waals surface area contributed by atoms with E-state index in [1.54, 1.807) is 32.4 Å². The molecule has 1 aliphatic heterocycles. The third-order valence-corrected chi connectivity index (χ3v) is 5.79. The molecule has 0 radical (unpaired) electrons. The van der Waals surface area contributed by atoms with Crippen LogP contribution in [0.15, 0.2) is 42.5 Å². The zero-order valence-electron chi connectivity index (χ0n) is 19.6. The first-order chi connectivity index (χ1) is 16.0. The van der Waals surface area contributed by atoms with Crippen LogP contribution in [-0.2, 0) is 4.74 Å². The van der Waals surface area contributed by atoms with Gasteiger partial charge < -0.3 is 30.3 Å². The number of nitrogens with one attached hydrogen (secondary N) is 3. The lowest BCUT2D eigenvalue weighted by atomic mass is 9.98. The molecule has 1 saturated heterocycles. The summed E-state index contributed by atoms with van der Waals surface area (Å²) in [5.41, 5.74) is 2.55. The minimum Gasteiger partial charge on any atom is -0.495 e. The summed E-state index contributed by atoms with van der Waals surface area (Å²) in [4.78, 5) is 27.9. The van der Waals surface area contributed by atoms with Gasteiger partial charge in [-0.1, -0.05) is 19.1 Å². The quantitative estimate of drug-likeness (QED) is 0.490. The van der Waals surface area contributed by atoms with Crippen LogP contribution >= 0.6 is 0 Å². The fraction of sp³-hybridized carbons (Fsp3) is 0.440. The van der Waals surface area contributed by atoms with E-state index in [2.05, 4.69) is 27.8 Å². The van der Waals surface area contributed by atoms with E-state index in [-0.39, 0.29) is 5.91 Å². The van der Waals surface area contributed by atoms with Crippen molar-refractivity contribution in [2.45, 2.75) is 26.2 Å². The Labute approximate surface area is 195 Å². The van der Waals surface area contributed by atoms with Gasteiger partial charge in [-0.05, 0) is 55.5 Å². The third kappa shape index (κ3) is 6.86. The largest absolute Gasteiger partial charge is 0.495 e. The molecule has 1 heterocycles. The van der Waals surface area contributed by atoms with Gasteiger partial charge >= 0.3 is 6.03 Å². The number of amides is 3. The Hall–Kier alpha value is -3.26. The number of carbonyl (C=O) groups excluding carboxylic acids is 2. The minimum atomic E-state index is -0.412. The number of carbonyl (C=O) groups is 2. The minimum absolute atomic E-state index is 0.159. The summed E-state index contributed by atoms with van der Waals surface area (Å²) in [6.45, 7) is 5.18. The van der Waals surface area contributed by atoms with Crippen molar-refractivity contribution in [1.82, 2.24) is 5.32 Å². The normalized spacial score (nSPS) is 14.0. The predicted octanol–water partition coefficient (Wildman–Crippen LogP) is 4.34. The molecule has 8 heteroatoms. The van der Waals surface area contributed by atoms with E-state index in [9.17, 15) is 9.59 Å². The number of rotatable bonds is 9. The molecular weight excluding hydrogens is 420 g/mol. The molecule has 2 aromatic rings. The fourth-order valence-electron chi connectivity index (χ4n) is 3.87. The Morgan fingerprint density at radius 1 is 1.06 bits per heavy atom. The number of nitrogens with zero attached hydrogens (tertiary/aromatic N) is 1. The maximum absolute atomic E-state index is 13.0. The average Bonchev–Trinajstić information content (AvgIpc) is 2.82. The standard InChI is InChI=1S/C25H34N4O4/c1-18-11-14-29(15-12-18)22-10-9-19(17-20(22)24(30)26-13-6-16-32-2)27-25(31)28-21-7-4-5-8-23(21)33-3/h4-5,7-10,17-18H,6,11-16H2,1-3H3,(H,26,30)(H2,27,28,31). The topological polar surface area (TPSA) is 91.9 Å². The molecular formula is C25H34N4O4. The number of methoxy groups -OCH3 is 2. The monoisotopic (exact) mass is 454 g/mol. The van der Waals surface area contributed by atoms with Crippen molar-refractivity contribution in [3.8, 4) is 5.75 Å². The number of urea groups is 1. The van der Waals surface area contributed by atoms with Gasteiger partial charge in [-0.25, -0.2) is 4.79 Å². The van der Waals surface area contributed by atoms with Crippen LogP contribution in [0.2, 0.25) is 0 Å². The van der Waals surface area contributed by atoms with Crippen molar-refractivity contribution < 1.29 is 19.1 Å². The summed E-state index contributed by atoms with van der Waals surface area (Å²) >= 11 is 0. The van der Waals surface area contributed by atoms with E-state index >= 15 is 0 Å². The number of para-hydroxylation sites is 2. The van der Waals surface area contributed by atoms with Crippen LogP contribution in [0.25, 0.3) is 0 Å². The van der Waals surface area contributed by atoms with E-state index in [0.717, 1.165) is 38.0 Å². The molecule has 0 saturated carbocycles. The molecule has 3 amide bonds. The summed E-state index contributed by atoms with van der Waals surface area (Å²) in [6, 6.07) is 12.3. The van der Waals surface area contributed by atoms with Crippen LogP contribution in [0.4, 0.5) is 21.9 Å². The zero-order valence-corrected chi connectivity index (χ0v) is 19.6. The van der Waals surface area contributed by atoms with Crippen molar-refractivity contribution in [2.75, 3.05) is 56.0 Å². The van der Waals surface area contributed by atoms with Gasteiger partial charge in [0.25, 0.3) is 5.91 Å². The van der Waals surface area contributed by atoms with Gasteiger partial charge in [0.2, 0.25) is 0 Å². The number of piperidine rings is 1. The molecule has 1 aliphatic rings. The van der Waals surface area contributed by atoms with Gasteiger partial charge in [0.1, 0.15) is 5.75 Å². The lowest BCUT2D eigenvalue weighted by Gasteiger charge is -2.33. The summed E-state index contributed by atoms with van der Waals surface area (Å²) in [6.07, 6.45) is 2.92. The van der Waals surface area contributed by atoms with Crippen LogP contribution in [0.1, 0.15) is 36.5 Å². The van der Waals surface area contributed by atoms with Crippen molar-refractivity contribution in [2.24, 2.45) is 5.92 Å². The van der Waals surface area contributed by atoms with Gasteiger partial charge in [-0.3, -0.25) is 4.79 Å². The van der Waals surface area contributed by atoms with Crippen LogP contribution in [-0.4, -0.2) is 52.4 Å². The molecule has 3 rings (SSSR count). The molecule has 0 aliphatic carbocycles. The van der Waals surface area contributed by atoms with E-state index in [1.807, 2.05) is 24.3 Å². The zero-order chi connectivity index (χ0) is 23.6. The first-order valence-electron chi connectivity index (χ1n) is 11.4. The Morgan fingerprint density at radius 2 is 1.82 bits per heavy atom. The predicted molar refractivity (Wildman–Crippen MR) is 132 cm³/mol. The van der Waals surface area contributed by atoms with Crippen LogP contribution in [0, 0.1) is 5.92 Å². The molecule has 0 aromatic heterocycles. The van der Waals surface area contributed by atoms with Gasteiger partial charge in [0.15, 0.2) is 0 Å². The van der Waals surface area contributed by atoms with Crippen LogP contribution < -0.4 is 25.6 Å². The molecule has 1 fully saturated rings. The Kier molecular flexibility index (Phi) is 8.95. The van der Waals surface area contributed by atoms with Crippen LogP contribution in [0.3, 0.4) is 0 Å². The van der Waals surface area contributed by atoms with Crippen molar-refractivity contribution >= 4 is 29.0 Å². The van der Waals surface area contributed by atoms with Gasteiger partial charge in [-0.2, -0.15) is 0 Å². The second-order valence-corrected chi connectivity index (χ2v) is 8.28. The van der Waals surface area contributed by atoms with Crippen molar-refractivity contribution in [3.05, 3.63) is 48.0 Å². The van der Waals surface area contributed by atoms with Gasteiger partial charge in [-0.15, -0.1) is 0 Å². The molecule has 0 bridgehead atoms. The molecule has 33 heavy (non-hydrogen) atoms. The number of hydrogen-bond acceptors (Lipinski definition) is 5. The summed E-state index contributed by atoms with van der Waals surface area (Å²) < 4.78 is 10.3. The highest BCUT2D eigenvalue weighted by Crippen LogP contribution is 2.29. The first-order valence-corrected chi connectivity index (χ1v) is 11.4. The number of benzene rings is 2. The first kappa shape index (κ1) is 24.4. The van der Waals surface area contributed by atoms with Gasteiger partial charge in [0, 0.05) is 44.7 Å². The smallest absolute Gasteiger partial charge is 0.323 e. The van der Waals surface area contributed by atoms with Gasteiger partial charge in [0.05, 0.1) is 18.4 Å². The summed E-state index contributed by atoms with van der Waals surface area (Å²) in [5.74, 6) is 1.10. The summed E-state index contributed by atoms with van der Waals surface area (Å²) in [7, 11) is 3.19. The summed E-state index contributed by atoms with van der Waals surface area (Å²) in [5, 5.41) is 8.58. The van der Waals surface area contributed by atoms with E-state index in [1.165, 1.54) is 0 Å². The highest BCUT2D eigenvalue weighted by atomic mass is 16.5.